The topological polar surface area (TPSA) is 85.0 Å². The number of benzene rings is 1. The highest BCUT2D eigenvalue weighted by atomic mass is 16.2. The molecule has 168 valence electrons. The molecular formula is C25H26N6O2. The minimum Gasteiger partial charge on any atom is -0.352 e. The van der Waals surface area contributed by atoms with Gasteiger partial charge < -0.3 is 9.88 Å². The van der Waals surface area contributed by atoms with Crippen LogP contribution in [0, 0.1) is 0 Å². The monoisotopic (exact) mass is 442 g/mol. The van der Waals surface area contributed by atoms with Gasteiger partial charge in [0.05, 0.1) is 12.2 Å². The number of fused-ring (bicyclic) bond motifs is 2. The first kappa shape index (κ1) is 20.9. The third-order valence-corrected chi connectivity index (χ3v) is 6.04. The average Bonchev–Trinajstić information content (AvgIpc) is 3.41. The van der Waals surface area contributed by atoms with E-state index in [0.29, 0.717) is 38.9 Å². The summed E-state index contributed by atoms with van der Waals surface area (Å²) in [7, 11) is 2.02. The van der Waals surface area contributed by atoms with Crippen molar-refractivity contribution >= 4 is 28.5 Å². The first-order chi connectivity index (χ1) is 16.1. The van der Waals surface area contributed by atoms with Crippen LogP contribution in [0.1, 0.15) is 24.8 Å². The molecule has 0 saturated carbocycles. The number of carbonyl (C=O) groups excluding carboxylic acids is 2. The van der Waals surface area contributed by atoms with Crippen molar-refractivity contribution in [2.45, 2.75) is 32.4 Å². The van der Waals surface area contributed by atoms with Crippen molar-refractivity contribution in [3.05, 3.63) is 66.6 Å². The van der Waals surface area contributed by atoms with Crippen LogP contribution in [0.25, 0.3) is 22.2 Å². The van der Waals surface area contributed by atoms with E-state index in [2.05, 4.69) is 33.2 Å². The molecule has 0 bridgehead atoms. The summed E-state index contributed by atoms with van der Waals surface area (Å²) < 4.78 is 4.00. The summed E-state index contributed by atoms with van der Waals surface area (Å²) in [5, 5.41) is 8.85. The van der Waals surface area contributed by atoms with Crippen molar-refractivity contribution in [3.8, 4) is 11.3 Å². The van der Waals surface area contributed by atoms with Crippen LogP contribution < -0.4 is 10.2 Å². The zero-order valence-corrected chi connectivity index (χ0v) is 18.6. The standard InChI is InChI=1S/C25H26N6O2/c1-29-17-20(19-7-2-3-8-22(19)29)21-14-24-30(25(33)10-13-31(24)28-21)12-5-9-23(32)27-16-18-6-4-11-26-15-18/h2-4,6-8,11,14-15,17H,5,9-10,12-13,16H2,1H3,(H,27,32). The van der Waals surface area contributed by atoms with E-state index in [1.807, 2.05) is 42.1 Å². The van der Waals surface area contributed by atoms with Crippen molar-refractivity contribution in [3.63, 3.8) is 0 Å². The highest BCUT2D eigenvalue weighted by molar-refractivity contribution is 5.98. The summed E-state index contributed by atoms with van der Waals surface area (Å²) in [6.45, 7) is 1.51. The lowest BCUT2D eigenvalue weighted by Crippen LogP contribution is -2.38. The molecule has 4 aromatic rings. The number of aryl methyl sites for hydroxylation is 2. The number of aromatic nitrogens is 4. The third kappa shape index (κ3) is 4.24. The van der Waals surface area contributed by atoms with E-state index < -0.39 is 0 Å². The van der Waals surface area contributed by atoms with Gasteiger partial charge in [-0.05, 0) is 24.1 Å². The molecule has 33 heavy (non-hydrogen) atoms. The number of rotatable bonds is 7. The molecule has 0 radical (unpaired) electrons. The Morgan fingerprint density at radius 3 is 2.91 bits per heavy atom. The van der Waals surface area contributed by atoms with Gasteiger partial charge in [0, 0.05) is 74.1 Å². The van der Waals surface area contributed by atoms with Crippen LogP contribution in [0.3, 0.4) is 0 Å². The number of amides is 2. The fraction of sp³-hybridized carbons (Fsp3) is 0.280. The summed E-state index contributed by atoms with van der Waals surface area (Å²) in [5.41, 5.74) is 4.01. The number of anilines is 1. The fourth-order valence-corrected chi connectivity index (χ4v) is 4.36. The molecule has 0 atom stereocenters. The van der Waals surface area contributed by atoms with Crippen LogP contribution in [0.15, 0.2) is 61.1 Å². The van der Waals surface area contributed by atoms with Crippen LogP contribution in [-0.4, -0.2) is 37.7 Å². The maximum absolute atomic E-state index is 12.7. The van der Waals surface area contributed by atoms with Gasteiger partial charge in [0.25, 0.3) is 0 Å². The molecule has 8 heteroatoms. The summed E-state index contributed by atoms with van der Waals surface area (Å²) in [6.07, 6.45) is 6.88. The smallest absolute Gasteiger partial charge is 0.229 e. The first-order valence-corrected chi connectivity index (χ1v) is 11.2. The lowest BCUT2D eigenvalue weighted by molar-refractivity contribution is -0.122. The molecule has 0 saturated heterocycles. The van der Waals surface area contributed by atoms with Crippen molar-refractivity contribution in [1.29, 1.82) is 0 Å². The van der Waals surface area contributed by atoms with Gasteiger partial charge in [-0.1, -0.05) is 24.3 Å². The van der Waals surface area contributed by atoms with E-state index in [1.165, 1.54) is 0 Å². The molecule has 0 aliphatic carbocycles. The maximum atomic E-state index is 12.7. The lowest BCUT2D eigenvalue weighted by atomic mass is 10.1. The van der Waals surface area contributed by atoms with E-state index >= 15 is 0 Å². The molecule has 0 unspecified atom stereocenters. The fourth-order valence-electron chi connectivity index (χ4n) is 4.36. The second-order valence-electron chi connectivity index (χ2n) is 8.32. The molecule has 5 rings (SSSR count). The Labute approximate surface area is 191 Å². The van der Waals surface area contributed by atoms with Crippen LogP contribution in [0.4, 0.5) is 5.82 Å². The van der Waals surface area contributed by atoms with Crippen LogP contribution in [0.5, 0.6) is 0 Å². The predicted octanol–water partition coefficient (Wildman–Crippen LogP) is 3.27. The van der Waals surface area contributed by atoms with Crippen molar-refractivity contribution in [2.75, 3.05) is 11.4 Å². The number of nitrogens with one attached hydrogen (secondary N) is 1. The lowest BCUT2D eigenvalue weighted by Gasteiger charge is -2.27. The second kappa shape index (κ2) is 8.90. The number of hydrogen-bond donors (Lipinski definition) is 1. The Balaban J connectivity index is 1.27. The van der Waals surface area contributed by atoms with Gasteiger partial charge in [0.2, 0.25) is 11.8 Å². The normalized spacial score (nSPS) is 13.4. The Morgan fingerprint density at radius 2 is 2.06 bits per heavy atom. The summed E-state index contributed by atoms with van der Waals surface area (Å²) in [6, 6.07) is 14.0. The van der Waals surface area contributed by atoms with E-state index in [-0.39, 0.29) is 11.8 Å². The first-order valence-electron chi connectivity index (χ1n) is 11.2. The number of para-hydroxylation sites is 1. The molecule has 3 aromatic heterocycles. The van der Waals surface area contributed by atoms with Gasteiger partial charge in [-0.3, -0.25) is 19.5 Å². The molecule has 0 fully saturated rings. The van der Waals surface area contributed by atoms with Crippen molar-refractivity contribution in [1.82, 2.24) is 24.6 Å². The van der Waals surface area contributed by atoms with E-state index in [1.54, 1.807) is 17.3 Å². The van der Waals surface area contributed by atoms with E-state index in [9.17, 15) is 9.59 Å². The zero-order chi connectivity index (χ0) is 22.8. The highest BCUT2D eigenvalue weighted by Crippen LogP contribution is 2.33. The molecule has 8 nitrogen and oxygen atoms in total. The molecular weight excluding hydrogens is 416 g/mol. The Hall–Kier alpha value is -3.94. The predicted molar refractivity (Wildman–Crippen MR) is 126 cm³/mol. The van der Waals surface area contributed by atoms with E-state index in [4.69, 9.17) is 5.10 Å². The Kier molecular flexibility index (Phi) is 5.64. The maximum Gasteiger partial charge on any atom is 0.229 e. The van der Waals surface area contributed by atoms with Gasteiger partial charge >= 0.3 is 0 Å². The van der Waals surface area contributed by atoms with Gasteiger partial charge in [0.1, 0.15) is 5.82 Å². The van der Waals surface area contributed by atoms with Gasteiger partial charge in [-0.25, -0.2) is 4.68 Å². The minimum absolute atomic E-state index is 0.0340. The molecule has 0 spiro atoms. The van der Waals surface area contributed by atoms with Crippen molar-refractivity contribution < 1.29 is 9.59 Å². The minimum atomic E-state index is -0.0340. The van der Waals surface area contributed by atoms with Crippen LogP contribution in [-0.2, 0) is 29.7 Å². The number of hydrogen-bond acceptors (Lipinski definition) is 4. The average molecular weight is 443 g/mol. The summed E-state index contributed by atoms with van der Waals surface area (Å²) >= 11 is 0. The van der Waals surface area contributed by atoms with E-state index in [0.717, 1.165) is 33.5 Å². The largest absolute Gasteiger partial charge is 0.352 e. The summed E-state index contributed by atoms with van der Waals surface area (Å²) in [5.74, 6) is 0.834. The Morgan fingerprint density at radius 1 is 1.18 bits per heavy atom. The number of carbonyl (C=O) groups is 2. The molecule has 1 aromatic carbocycles. The highest BCUT2D eigenvalue weighted by Gasteiger charge is 2.27. The van der Waals surface area contributed by atoms with Gasteiger partial charge in [-0.2, -0.15) is 5.10 Å². The molecule has 1 aliphatic heterocycles. The Bertz CT molecular complexity index is 1310. The van der Waals surface area contributed by atoms with Gasteiger partial charge in [0.15, 0.2) is 0 Å². The van der Waals surface area contributed by atoms with Gasteiger partial charge in [-0.15, -0.1) is 0 Å². The molecule has 1 N–H and O–H groups in total. The quantitative estimate of drug-likeness (QED) is 0.476. The van der Waals surface area contributed by atoms with Crippen LogP contribution >= 0.6 is 0 Å². The van der Waals surface area contributed by atoms with Crippen molar-refractivity contribution in [2.24, 2.45) is 7.05 Å². The molecule has 1 aliphatic rings. The number of pyridine rings is 1. The second-order valence-corrected chi connectivity index (χ2v) is 8.32. The zero-order valence-electron chi connectivity index (χ0n) is 18.6. The van der Waals surface area contributed by atoms with Crippen LogP contribution in [0.2, 0.25) is 0 Å². The number of nitrogens with zero attached hydrogens (tertiary/aromatic N) is 5. The SMILES string of the molecule is Cn1cc(-c2cc3n(n2)CCC(=O)N3CCCC(=O)NCc2cccnc2)c2ccccc21. The molecule has 4 heterocycles. The third-order valence-electron chi connectivity index (χ3n) is 6.04. The summed E-state index contributed by atoms with van der Waals surface area (Å²) in [4.78, 5) is 30.7. The molecule has 2 amide bonds.